The molecule has 90 valence electrons. The molecule has 0 saturated carbocycles. The van der Waals surface area contributed by atoms with Crippen LogP contribution in [0.3, 0.4) is 0 Å². The molecule has 0 bridgehead atoms. The van der Waals surface area contributed by atoms with Gasteiger partial charge in [0.2, 0.25) is 0 Å². The van der Waals surface area contributed by atoms with E-state index in [1.54, 1.807) is 0 Å². The molecule has 0 atom stereocenters. The van der Waals surface area contributed by atoms with E-state index < -0.39 is 0 Å². The Bertz CT molecular complexity index is 324. The molecule has 0 radical (unpaired) electrons. The minimum atomic E-state index is 0.643. The van der Waals surface area contributed by atoms with Crippen LogP contribution in [0.25, 0.3) is 0 Å². The Morgan fingerprint density at radius 2 is 2.00 bits per heavy atom. The molecule has 0 unspecified atom stereocenters. The lowest BCUT2D eigenvalue weighted by molar-refractivity contribution is 0.238. The van der Waals surface area contributed by atoms with Gasteiger partial charge in [-0.2, -0.15) is 0 Å². The van der Waals surface area contributed by atoms with Crippen molar-refractivity contribution in [2.45, 2.75) is 38.9 Å². The Hall–Kier alpha value is -0.570. The van der Waals surface area contributed by atoms with Gasteiger partial charge < -0.3 is 4.74 Å². The summed E-state index contributed by atoms with van der Waals surface area (Å²) in [7, 11) is 0. The van der Waals surface area contributed by atoms with Gasteiger partial charge in [0.25, 0.3) is 0 Å². The maximum Gasteiger partial charge on any atom is 0.141 e. The van der Waals surface area contributed by atoms with E-state index in [2.05, 4.69) is 34.8 Å². The molecule has 1 rings (SSSR count). The predicted octanol–water partition coefficient (Wildman–Crippen LogP) is 4.10. The third kappa shape index (κ3) is 3.78. The van der Waals surface area contributed by atoms with E-state index in [9.17, 15) is 0 Å². The van der Waals surface area contributed by atoms with Crippen molar-refractivity contribution in [2.75, 3.05) is 6.61 Å². The van der Waals surface area contributed by atoms with Gasteiger partial charge in [0.15, 0.2) is 0 Å². The zero-order valence-electron chi connectivity index (χ0n) is 10.3. The average Bonchev–Trinajstić information content (AvgIpc) is 2.31. The first-order chi connectivity index (χ1) is 7.71. The number of rotatable bonds is 6. The second kappa shape index (κ2) is 6.89. The van der Waals surface area contributed by atoms with Gasteiger partial charge >= 0.3 is 0 Å². The molecule has 1 aromatic rings. The van der Waals surface area contributed by atoms with Crippen molar-refractivity contribution in [3.8, 4) is 5.75 Å². The quantitative estimate of drug-likeness (QED) is 0.734. The van der Waals surface area contributed by atoms with Gasteiger partial charge in [-0.1, -0.05) is 42.6 Å². The monoisotopic (exact) mass is 285 g/mol. The molecule has 16 heavy (non-hydrogen) atoms. The van der Waals surface area contributed by atoms with Gasteiger partial charge in [0.05, 0.1) is 12.3 Å². The van der Waals surface area contributed by atoms with E-state index in [0.717, 1.165) is 29.1 Å². The molecule has 0 fully saturated rings. The number of hydrogen-bond acceptors (Lipinski definition) is 2. The molecule has 0 spiro atoms. The van der Waals surface area contributed by atoms with Crippen LogP contribution in [-0.4, -0.2) is 11.6 Å². The number of ether oxygens (including phenoxy) is 1. The van der Waals surface area contributed by atoms with Crippen LogP contribution >= 0.6 is 15.9 Å². The van der Waals surface area contributed by atoms with Crippen molar-refractivity contribution in [1.29, 1.82) is 0 Å². The fourth-order valence-corrected chi connectivity index (χ4v) is 1.96. The van der Waals surface area contributed by atoms with Crippen molar-refractivity contribution in [1.82, 2.24) is 4.98 Å². The molecule has 1 heterocycles. The first-order valence-electron chi connectivity index (χ1n) is 5.86. The molecule has 1 aromatic heterocycles. The SMILES string of the molecule is CCC(CC)COc1ccc(C)nc1CBr. The van der Waals surface area contributed by atoms with Crippen molar-refractivity contribution >= 4 is 15.9 Å². The molecule has 0 N–H and O–H groups in total. The minimum absolute atomic E-state index is 0.643. The number of aryl methyl sites for hydroxylation is 1. The van der Waals surface area contributed by atoms with E-state index in [-0.39, 0.29) is 0 Å². The number of aromatic nitrogens is 1. The van der Waals surface area contributed by atoms with Crippen LogP contribution < -0.4 is 4.74 Å². The summed E-state index contributed by atoms with van der Waals surface area (Å²) in [6.45, 7) is 7.20. The second-order valence-electron chi connectivity index (χ2n) is 4.02. The maximum atomic E-state index is 5.83. The Morgan fingerprint density at radius 1 is 1.31 bits per heavy atom. The number of alkyl halides is 1. The Morgan fingerprint density at radius 3 is 2.56 bits per heavy atom. The molecule has 3 heteroatoms. The summed E-state index contributed by atoms with van der Waals surface area (Å²) < 4.78 is 5.83. The minimum Gasteiger partial charge on any atom is -0.491 e. The molecule has 0 saturated heterocycles. The molecule has 0 amide bonds. The summed E-state index contributed by atoms with van der Waals surface area (Å²) in [5.41, 5.74) is 2.02. The fraction of sp³-hybridized carbons (Fsp3) is 0.615. The summed E-state index contributed by atoms with van der Waals surface area (Å²) in [6, 6.07) is 4.01. The Kier molecular flexibility index (Phi) is 5.81. The summed E-state index contributed by atoms with van der Waals surface area (Å²) in [5, 5.41) is 0.743. The summed E-state index contributed by atoms with van der Waals surface area (Å²) in [5.74, 6) is 1.55. The molecule has 0 aliphatic rings. The van der Waals surface area contributed by atoms with Crippen molar-refractivity contribution in [3.05, 3.63) is 23.5 Å². The topological polar surface area (TPSA) is 22.1 Å². The smallest absolute Gasteiger partial charge is 0.141 e. The van der Waals surface area contributed by atoms with Gasteiger partial charge in [0.1, 0.15) is 5.75 Å². The standard InChI is InChI=1S/C13H20BrNO/c1-4-11(5-2)9-16-13-7-6-10(3)15-12(13)8-14/h6-7,11H,4-5,8-9H2,1-3H3. The van der Waals surface area contributed by atoms with Crippen molar-refractivity contribution in [3.63, 3.8) is 0 Å². The zero-order valence-corrected chi connectivity index (χ0v) is 11.9. The lowest BCUT2D eigenvalue weighted by atomic mass is 10.1. The zero-order chi connectivity index (χ0) is 12.0. The van der Waals surface area contributed by atoms with Crippen molar-refractivity contribution in [2.24, 2.45) is 5.92 Å². The van der Waals surface area contributed by atoms with Crippen LogP contribution in [0.5, 0.6) is 5.75 Å². The third-order valence-corrected chi connectivity index (χ3v) is 3.36. The molecule has 2 nitrogen and oxygen atoms in total. The van der Waals surface area contributed by atoms with Gasteiger partial charge in [-0.3, -0.25) is 4.98 Å². The number of hydrogen-bond donors (Lipinski definition) is 0. The van der Waals surface area contributed by atoms with Crippen molar-refractivity contribution < 1.29 is 4.74 Å². The van der Waals surface area contributed by atoms with E-state index in [1.165, 1.54) is 12.8 Å². The second-order valence-corrected chi connectivity index (χ2v) is 4.59. The van der Waals surface area contributed by atoms with Crippen LogP contribution in [0, 0.1) is 12.8 Å². The van der Waals surface area contributed by atoms with E-state index in [1.807, 2.05) is 19.1 Å². The fourth-order valence-electron chi connectivity index (χ4n) is 1.56. The summed E-state index contributed by atoms with van der Waals surface area (Å²) in [4.78, 5) is 4.45. The third-order valence-electron chi connectivity index (χ3n) is 2.83. The first-order valence-corrected chi connectivity index (χ1v) is 6.98. The van der Waals surface area contributed by atoms with Crippen LogP contribution in [0.4, 0.5) is 0 Å². The van der Waals surface area contributed by atoms with Crippen LogP contribution in [0.1, 0.15) is 38.1 Å². The maximum absolute atomic E-state index is 5.83. The van der Waals surface area contributed by atoms with E-state index in [4.69, 9.17) is 4.74 Å². The highest BCUT2D eigenvalue weighted by Crippen LogP contribution is 2.21. The molecular weight excluding hydrogens is 266 g/mol. The summed E-state index contributed by atoms with van der Waals surface area (Å²) in [6.07, 6.45) is 2.33. The largest absolute Gasteiger partial charge is 0.491 e. The Labute approximate surface area is 107 Å². The number of halogens is 1. The molecule has 0 aliphatic heterocycles. The normalized spacial score (nSPS) is 10.8. The predicted molar refractivity (Wildman–Crippen MR) is 71.2 cm³/mol. The van der Waals surface area contributed by atoms with Crippen LogP contribution in [0.15, 0.2) is 12.1 Å². The van der Waals surface area contributed by atoms with E-state index in [0.29, 0.717) is 5.92 Å². The summed E-state index contributed by atoms with van der Waals surface area (Å²) >= 11 is 3.44. The van der Waals surface area contributed by atoms with Gasteiger partial charge in [-0.05, 0) is 25.0 Å². The van der Waals surface area contributed by atoms with Crippen LogP contribution in [-0.2, 0) is 5.33 Å². The molecule has 0 aliphatic carbocycles. The first kappa shape index (κ1) is 13.5. The highest BCUT2D eigenvalue weighted by atomic mass is 79.9. The van der Waals surface area contributed by atoms with Gasteiger partial charge in [-0.25, -0.2) is 0 Å². The highest BCUT2D eigenvalue weighted by Gasteiger charge is 2.08. The lowest BCUT2D eigenvalue weighted by Crippen LogP contribution is -2.11. The van der Waals surface area contributed by atoms with Gasteiger partial charge in [-0.15, -0.1) is 0 Å². The van der Waals surface area contributed by atoms with E-state index >= 15 is 0 Å². The molecule has 0 aromatic carbocycles. The molecular formula is C13H20BrNO. The Balaban J connectivity index is 2.65. The number of pyridine rings is 1. The van der Waals surface area contributed by atoms with Crippen LogP contribution in [0.2, 0.25) is 0 Å². The average molecular weight is 286 g/mol. The lowest BCUT2D eigenvalue weighted by Gasteiger charge is -2.15. The van der Waals surface area contributed by atoms with Gasteiger partial charge in [0, 0.05) is 11.0 Å². The highest BCUT2D eigenvalue weighted by molar-refractivity contribution is 9.08. The number of nitrogens with zero attached hydrogens (tertiary/aromatic N) is 1.